The van der Waals surface area contributed by atoms with Gasteiger partial charge in [-0.15, -0.1) is 0 Å². The summed E-state index contributed by atoms with van der Waals surface area (Å²) in [7, 11) is 0. The summed E-state index contributed by atoms with van der Waals surface area (Å²) in [5.41, 5.74) is 2.10. The van der Waals surface area contributed by atoms with Gasteiger partial charge in [0.15, 0.2) is 11.5 Å². The van der Waals surface area contributed by atoms with Crippen molar-refractivity contribution in [3.05, 3.63) is 89.2 Å². The van der Waals surface area contributed by atoms with Crippen LogP contribution in [-0.4, -0.2) is 36.5 Å². The average Bonchev–Trinajstić information content (AvgIpc) is 2.96. The highest BCUT2D eigenvalue weighted by atomic mass is 19.1. The molecule has 170 valence electrons. The second kappa shape index (κ2) is 9.73. The number of carbonyl (C=O) groups excluding carboxylic acids is 2. The molecule has 0 saturated heterocycles. The van der Waals surface area contributed by atoms with Crippen LogP contribution in [0.15, 0.2) is 66.7 Å². The maximum Gasteiger partial charge on any atom is 0.255 e. The predicted octanol–water partition coefficient (Wildman–Crippen LogP) is 4.81. The van der Waals surface area contributed by atoms with Crippen LogP contribution in [0.25, 0.3) is 0 Å². The van der Waals surface area contributed by atoms with Crippen molar-refractivity contribution in [2.75, 3.05) is 25.1 Å². The third kappa shape index (κ3) is 4.67. The van der Waals surface area contributed by atoms with Gasteiger partial charge in [-0.3, -0.25) is 9.59 Å². The van der Waals surface area contributed by atoms with Crippen molar-refractivity contribution in [3.8, 4) is 11.5 Å². The summed E-state index contributed by atoms with van der Waals surface area (Å²) in [6.07, 6.45) is 0. The predicted molar refractivity (Wildman–Crippen MR) is 123 cm³/mol. The van der Waals surface area contributed by atoms with Gasteiger partial charge in [-0.2, -0.15) is 0 Å². The molecule has 3 aromatic rings. The maximum atomic E-state index is 14.3. The number of halogens is 1. The van der Waals surface area contributed by atoms with E-state index >= 15 is 0 Å². The van der Waals surface area contributed by atoms with E-state index in [-0.39, 0.29) is 18.4 Å². The number of ether oxygens (including phenoxy) is 2. The zero-order valence-corrected chi connectivity index (χ0v) is 18.5. The third-order valence-corrected chi connectivity index (χ3v) is 5.37. The van der Waals surface area contributed by atoms with Crippen molar-refractivity contribution in [1.29, 1.82) is 0 Å². The van der Waals surface area contributed by atoms with E-state index in [9.17, 15) is 14.0 Å². The zero-order valence-electron chi connectivity index (χ0n) is 18.5. The quantitative estimate of drug-likeness (QED) is 0.588. The fraction of sp³-hybridized carbons (Fsp3) is 0.231. The molecule has 0 spiro atoms. The van der Waals surface area contributed by atoms with E-state index in [2.05, 4.69) is 5.32 Å². The largest absolute Gasteiger partial charge is 0.490 e. The van der Waals surface area contributed by atoms with Gasteiger partial charge >= 0.3 is 0 Å². The fourth-order valence-corrected chi connectivity index (χ4v) is 4.01. The number of hydrogen-bond acceptors (Lipinski definition) is 4. The Morgan fingerprint density at radius 3 is 2.45 bits per heavy atom. The van der Waals surface area contributed by atoms with Gasteiger partial charge in [0.2, 0.25) is 5.91 Å². The summed E-state index contributed by atoms with van der Waals surface area (Å²) in [5.74, 6) is -0.188. The Morgan fingerprint density at radius 1 is 1.00 bits per heavy atom. The number of carbonyl (C=O) groups is 2. The van der Waals surface area contributed by atoms with E-state index in [1.54, 1.807) is 18.2 Å². The lowest BCUT2D eigenvalue weighted by Crippen LogP contribution is -2.39. The number of nitrogens with one attached hydrogen (secondary N) is 1. The Balaban J connectivity index is 1.82. The summed E-state index contributed by atoms with van der Waals surface area (Å²) in [4.78, 5) is 27.9. The Morgan fingerprint density at radius 2 is 1.73 bits per heavy atom. The molecule has 2 amide bonds. The lowest BCUT2D eigenvalue weighted by atomic mass is 9.95. The Hall–Kier alpha value is -3.87. The summed E-state index contributed by atoms with van der Waals surface area (Å²) >= 11 is 0. The molecular formula is C26H25FN2O4. The molecule has 0 radical (unpaired) electrons. The molecule has 6 nitrogen and oxygen atoms in total. The van der Waals surface area contributed by atoms with Crippen LogP contribution in [0.3, 0.4) is 0 Å². The monoisotopic (exact) mass is 448 g/mol. The number of hydrogen-bond donors (Lipinski definition) is 1. The summed E-state index contributed by atoms with van der Waals surface area (Å²) in [6.45, 7) is 4.39. The first-order chi connectivity index (χ1) is 16.0. The number of fused-ring (bicyclic) bond motifs is 1. The molecule has 1 N–H and O–H groups in total. The van der Waals surface area contributed by atoms with Crippen LogP contribution in [0.2, 0.25) is 0 Å². The van der Waals surface area contributed by atoms with Gasteiger partial charge in [-0.05, 0) is 55.8 Å². The van der Waals surface area contributed by atoms with Crippen LogP contribution < -0.4 is 14.8 Å². The van der Waals surface area contributed by atoms with Crippen molar-refractivity contribution >= 4 is 17.5 Å². The Labute approximate surface area is 191 Å². The normalized spacial score (nSPS) is 15.3. The lowest BCUT2D eigenvalue weighted by Gasteiger charge is -2.31. The van der Waals surface area contributed by atoms with E-state index in [1.165, 1.54) is 23.1 Å². The second-order valence-electron chi connectivity index (χ2n) is 7.55. The van der Waals surface area contributed by atoms with Gasteiger partial charge in [0.1, 0.15) is 12.4 Å². The molecule has 1 heterocycles. The number of amides is 2. The Bertz CT molecular complexity index is 1170. The van der Waals surface area contributed by atoms with E-state index < -0.39 is 11.9 Å². The minimum atomic E-state index is -0.662. The first-order valence-corrected chi connectivity index (χ1v) is 10.9. The summed E-state index contributed by atoms with van der Waals surface area (Å²) in [6, 6.07) is 17.7. The first kappa shape index (κ1) is 22.3. The molecule has 1 aliphatic rings. The van der Waals surface area contributed by atoms with Crippen LogP contribution in [0.4, 0.5) is 10.1 Å². The van der Waals surface area contributed by atoms with Crippen molar-refractivity contribution < 1.29 is 23.5 Å². The molecule has 33 heavy (non-hydrogen) atoms. The standard InChI is InChI=1S/C26H25FN2O4/c1-3-32-22-13-10-18(14-23(22)33-4-2)26(31)29-16-24(30)28-21-12-11-19(27)15-20(21)25(29)17-8-6-5-7-9-17/h5-15,25H,3-4,16H2,1-2H3,(H,28,30)/t25-/m1/s1. The number of benzene rings is 3. The smallest absolute Gasteiger partial charge is 0.255 e. The number of rotatable bonds is 6. The van der Waals surface area contributed by atoms with Crippen LogP contribution in [-0.2, 0) is 4.79 Å². The highest BCUT2D eigenvalue weighted by Gasteiger charge is 2.34. The minimum Gasteiger partial charge on any atom is -0.490 e. The van der Waals surface area contributed by atoms with Crippen LogP contribution in [0.1, 0.15) is 41.4 Å². The van der Waals surface area contributed by atoms with Gasteiger partial charge in [0.25, 0.3) is 5.91 Å². The topological polar surface area (TPSA) is 67.9 Å². The number of nitrogens with zero attached hydrogens (tertiary/aromatic N) is 1. The zero-order chi connectivity index (χ0) is 23.4. The van der Waals surface area contributed by atoms with Gasteiger partial charge < -0.3 is 19.7 Å². The van der Waals surface area contributed by atoms with Crippen LogP contribution >= 0.6 is 0 Å². The van der Waals surface area contributed by atoms with Crippen molar-refractivity contribution in [2.24, 2.45) is 0 Å². The average molecular weight is 448 g/mol. The lowest BCUT2D eigenvalue weighted by molar-refractivity contribution is -0.117. The second-order valence-corrected chi connectivity index (χ2v) is 7.55. The minimum absolute atomic E-state index is 0.189. The maximum absolute atomic E-state index is 14.3. The molecule has 1 atom stereocenters. The van der Waals surface area contributed by atoms with Crippen LogP contribution in [0, 0.1) is 5.82 Å². The van der Waals surface area contributed by atoms with Crippen molar-refractivity contribution in [1.82, 2.24) is 4.90 Å². The molecule has 4 rings (SSSR count). The van der Waals surface area contributed by atoms with Crippen molar-refractivity contribution in [2.45, 2.75) is 19.9 Å². The van der Waals surface area contributed by atoms with E-state index in [0.717, 1.165) is 5.56 Å². The molecule has 0 saturated carbocycles. The van der Waals surface area contributed by atoms with E-state index in [1.807, 2.05) is 44.2 Å². The molecule has 0 fully saturated rings. The molecule has 3 aromatic carbocycles. The molecule has 7 heteroatoms. The van der Waals surface area contributed by atoms with Gasteiger partial charge in [0.05, 0.1) is 19.3 Å². The highest BCUT2D eigenvalue weighted by molar-refractivity contribution is 6.01. The summed E-state index contributed by atoms with van der Waals surface area (Å²) < 4.78 is 25.5. The highest BCUT2D eigenvalue weighted by Crippen LogP contribution is 2.38. The first-order valence-electron chi connectivity index (χ1n) is 10.9. The van der Waals surface area contributed by atoms with Gasteiger partial charge in [-0.25, -0.2) is 4.39 Å². The van der Waals surface area contributed by atoms with Gasteiger partial charge in [-0.1, -0.05) is 30.3 Å². The van der Waals surface area contributed by atoms with Crippen LogP contribution in [0.5, 0.6) is 11.5 Å². The molecule has 0 aromatic heterocycles. The fourth-order valence-electron chi connectivity index (χ4n) is 4.01. The molecular weight excluding hydrogens is 423 g/mol. The van der Waals surface area contributed by atoms with E-state index in [4.69, 9.17) is 9.47 Å². The third-order valence-electron chi connectivity index (χ3n) is 5.37. The molecule has 0 bridgehead atoms. The van der Waals surface area contributed by atoms with Gasteiger partial charge in [0, 0.05) is 16.8 Å². The SMILES string of the molecule is CCOc1ccc(C(=O)N2CC(=O)Nc3ccc(F)cc3[C@H]2c2ccccc2)cc1OCC. The molecule has 0 aliphatic carbocycles. The van der Waals surface area contributed by atoms with E-state index in [0.29, 0.717) is 41.5 Å². The Kier molecular flexibility index (Phi) is 6.58. The summed E-state index contributed by atoms with van der Waals surface area (Å²) in [5, 5.41) is 2.80. The van der Waals surface area contributed by atoms with Crippen molar-refractivity contribution in [3.63, 3.8) is 0 Å². The molecule has 0 unspecified atom stereocenters. The number of anilines is 1. The molecule has 1 aliphatic heterocycles.